The van der Waals surface area contributed by atoms with Gasteiger partial charge in [0.15, 0.2) is 6.10 Å². The minimum Gasteiger partial charge on any atom is -0.497 e. The van der Waals surface area contributed by atoms with Gasteiger partial charge in [0, 0.05) is 11.5 Å². The van der Waals surface area contributed by atoms with Crippen LogP contribution in [0.5, 0.6) is 5.75 Å². The molecule has 7 heteroatoms. The van der Waals surface area contributed by atoms with E-state index in [9.17, 15) is 9.59 Å². The minimum absolute atomic E-state index is 0.263. The van der Waals surface area contributed by atoms with E-state index in [1.54, 1.807) is 33.1 Å². The molecule has 3 aromatic carbocycles. The largest absolute Gasteiger partial charge is 0.497 e. The van der Waals surface area contributed by atoms with E-state index in [1.165, 1.54) is 11.8 Å². The topological polar surface area (TPSA) is 71.1 Å². The van der Waals surface area contributed by atoms with Gasteiger partial charge in [-0.15, -0.1) is 11.8 Å². The van der Waals surface area contributed by atoms with E-state index in [2.05, 4.69) is 12.2 Å². The molecule has 0 amide bonds. The average molecular weight is 563 g/mol. The van der Waals surface area contributed by atoms with E-state index in [-0.39, 0.29) is 17.8 Å². The molecule has 0 fully saturated rings. The molecule has 3 aromatic rings. The Morgan fingerprint density at radius 3 is 2.33 bits per heavy atom. The van der Waals surface area contributed by atoms with E-state index in [0.717, 1.165) is 41.0 Å². The van der Waals surface area contributed by atoms with Crippen molar-refractivity contribution in [3.8, 4) is 5.75 Å². The highest BCUT2D eigenvalue weighted by Gasteiger charge is 2.33. The summed E-state index contributed by atoms with van der Waals surface area (Å²) < 4.78 is 22.0. The number of rotatable bonds is 16. The zero-order valence-corrected chi connectivity index (χ0v) is 24.2. The first-order valence-electron chi connectivity index (χ1n) is 13.6. The van der Waals surface area contributed by atoms with Gasteiger partial charge in [0.05, 0.1) is 31.1 Å². The molecule has 0 N–H and O–H groups in total. The van der Waals surface area contributed by atoms with Crippen LogP contribution in [-0.4, -0.2) is 45.0 Å². The van der Waals surface area contributed by atoms with Crippen molar-refractivity contribution >= 4 is 29.8 Å². The van der Waals surface area contributed by atoms with Gasteiger partial charge in [0.1, 0.15) is 5.75 Å². The summed E-state index contributed by atoms with van der Waals surface area (Å²) in [5.41, 5.74) is 2.53. The molecule has 0 saturated heterocycles. The Morgan fingerprint density at radius 1 is 0.875 bits per heavy atom. The molecule has 2 unspecified atom stereocenters. The summed E-state index contributed by atoms with van der Waals surface area (Å²) in [6.45, 7) is 4.56. The van der Waals surface area contributed by atoms with Crippen molar-refractivity contribution < 1.29 is 28.5 Å². The lowest BCUT2D eigenvalue weighted by atomic mass is 10.1. The normalized spacial score (nSPS) is 12.6. The van der Waals surface area contributed by atoms with Gasteiger partial charge in [0.2, 0.25) is 0 Å². The maximum atomic E-state index is 13.1. The van der Waals surface area contributed by atoms with E-state index in [0.29, 0.717) is 18.8 Å². The molecule has 40 heavy (non-hydrogen) atoms. The summed E-state index contributed by atoms with van der Waals surface area (Å²) in [6, 6.07) is 24.9. The molecule has 212 valence electrons. The molecule has 0 aliphatic heterocycles. The van der Waals surface area contributed by atoms with Crippen molar-refractivity contribution in [1.82, 2.24) is 0 Å². The third-order valence-corrected chi connectivity index (χ3v) is 7.32. The van der Waals surface area contributed by atoms with Crippen LogP contribution in [0.15, 0.2) is 89.8 Å². The molecule has 6 nitrogen and oxygen atoms in total. The van der Waals surface area contributed by atoms with Gasteiger partial charge in [0.25, 0.3) is 0 Å². The number of allylic oxidation sites excluding steroid dienone is 1. The summed E-state index contributed by atoms with van der Waals surface area (Å²) in [7, 11) is 1.66. The zero-order chi connectivity index (χ0) is 28.6. The van der Waals surface area contributed by atoms with Gasteiger partial charge in [-0.05, 0) is 74.6 Å². The predicted octanol–water partition coefficient (Wildman–Crippen LogP) is 7.54. The Kier molecular flexibility index (Phi) is 13.3. The monoisotopic (exact) mass is 562 g/mol. The first-order valence-corrected chi connectivity index (χ1v) is 14.5. The first kappa shape index (κ1) is 31.0. The SMILES string of the molecule is CCOC(=O)c1cccc(SC(c2ccccc2)C(OCCCCC=Cc2ccc(OC)cc2)C(=O)OCC)c1. The maximum Gasteiger partial charge on any atom is 0.338 e. The molecule has 0 saturated carbocycles. The summed E-state index contributed by atoms with van der Waals surface area (Å²) in [5.74, 6) is 0.0642. The van der Waals surface area contributed by atoms with Gasteiger partial charge in [-0.25, -0.2) is 9.59 Å². The number of benzene rings is 3. The van der Waals surface area contributed by atoms with Gasteiger partial charge in [-0.1, -0.05) is 60.7 Å². The molecule has 0 bridgehead atoms. The quantitative estimate of drug-likeness (QED) is 0.101. The third-order valence-electron chi connectivity index (χ3n) is 6.02. The number of hydrogen-bond acceptors (Lipinski definition) is 7. The lowest BCUT2D eigenvalue weighted by Gasteiger charge is -2.26. The molecule has 0 aromatic heterocycles. The van der Waals surface area contributed by atoms with Crippen molar-refractivity contribution in [3.63, 3.8) is 0 Å². The number of esters is 2. The molecule has 0 heterocycles. The summed E-state index contributed by atoms with van der Waals surface area (Å²) in [6.07, 6.45) is 6.04. The van der Waals surface area contributed by atoms with Crippen LogP contribution in [0.1, 0.15) is 59.8 Å². The highest BCUT2D eigenvalue weighted by molar-refractivity contribution is 7.99. The van der Waals surface area contributed by atoms with Gasteiger partial charge >= 0.3 is 11.9 Å². The Morgan fingerprint density at radius 2 is 1.62 bits per heavy atom. The van der Waals surface area contributed by atoms with E-state index in [4.69, 9.17) is 18.9 Å². The smallest absolute Gasteiger partial charge is 0.338 e. The molecular weight excluding hydrogens is 524 g/mol. The Balaban J connectivity index is 1.67. The number of ether oxygens (including phenoxy) is 4. The lowest BCUT2D eigenvalue weighted by Crippen LogP contribution is -2.32. The van der Waals surface area contributed by atoms with Gasteiger partial charge < -0.3 is 18.9 Å². The third kappa shape index (κ3) is 9.88. The van der Waals surface area contributed by atoms with Crippen LogP contribution in [0.25, 0.3) is 6.08 Å². The lowest BCUT2D eigenvalue weighted by molar-refractivity contribution is -0.156. The maximum absolute atomic E-state index is 13.1. The molecule has 0 spiro atoms. The van der Waals surface area contributed by atoms with Crippen LogP contribution < -0.4 is 4.74 Å². The van der Waals surface area contributed by atoms with Crippen LogP contribution in [0.3, 0.4) is 0 Å². The number of carbonyl (C=O) groups is 2. The van der Waals surface area contributed by atoms with E-state index < -0.39 is 12.1 Å². The number of hydrogen-bond donors (Lipinski definition) is 0. The van der Waals surface area contributed by atoms with Crippen LogP contribution in [0.4, 0.5) is 0 Å². The second kappa shape index (κ2) is 17.2. The second-order valence-electron chi connectivity index (χ2n) is 8.91. The predicted molar refractivity (Wildman–Crippen MR) is 160 cm³/mol. The van der Waals surface area contributed by atoms with Gasteiger partial charge in [-0.2, -0.15) is 0 Å². The van der Waals surface area contributed by atoms with Crippen LogP contribution in [0.2, 0.25) is 0 Å². The molecule has 2 atom stereocenters. The molecule has 3 rings (SSSR count). The van der Waals surface area contributed by atoms with Crippen molar-refractivity contribution in [3.05, 3.63) is 102 Å². The Labute approximate surface area is 241 Å². The highest BCUT2D eigenvalue weighted by atomic mass is 32.2. The summed E-state index contributed by atoms with van der Waals surface area (Å²) in [4.78, 5) is 26.3. The van der Waals surface area contributed by atoms with E-state index in [1.807, 2.05) is 66.7 Å². The molecule has 0 radical (unpaired) electrons. The minimum atomic E-state index is -0.812. The van der Waals surface area contributed by atoms with Gasteiger partial charge in [-0.3, -0.25) is 0 Å². The van der Waals surface area contributed by atoms with Crippen molar-refractivity contribution in [1.29, 1.82) is 0 Å². The van der Waals surface area contributed by atoms with Crippen LogP contribution in [-0.2, 0) is 19.0 Å². The number of methoxy groups -OCH3 is 1. The first-order chi connectivity index (χ1) is 19.5. The standard InChI is InChI=1S/C33H38O6S/c1-4-37-32(34)27-17-13-18-29(24-27)40-31(26-15-10-8-11-16-26)30(33(35)38-5-2)39-23-12-7-6-9-14-25-19-21-28(36-3)22-20-25/h8-11,13-22,24,30-31H,4-7,12,23H2,1-3H3. The van der Waals surface area contributed by atoms with E-state index >= 15 is 0 Å². The highest BCUT2D eigenvalue weighted by Crippen LogP contribution is 2.40. The van der Waals surface area contributed by atoms with Crippen LogP contribution >= 0.6 is 11.8 Å². The number of unbranched alkanes of at least 4 members (excludes halogenated alkanes) is 2. The second-order valence-corrected chi connectivity index (χ2v) is 10.1. The Hall–Kier alpha value is -3.55. The summed E-state index contributed by atoms with van der Waals surface area (Å²) in [5, 5.41) is -0.368. The molecule has 0 aliphatic rings. The van der Waals surface area contributed by atoms with Crippen molar-refractivity contribution in [2.24, 2.45) is 0 Å². The molecule has 0 aliphatic carbocycles. The van der Waals surface area contributed by atoms with Crippen molar-refractivity contribution in [2.45, 2.75) is 49.4 Å². The number of thioether (sulfide) groups is 1. The molecular formula is C33H38O6S. The Bertz CT molecular complexity index is 1210. The fraction of sp³-hybridized carbons (Fsp3) is 0.333. The average Bonchev–Trinajstić information content (AvgIpc) is 2.99. The van der Waals surface area contributed by atoms with Crippen LogP contribution in [0, 0.1) is 0 Å². The van der Waals surface area contributed by atoms with Crippen molar-refractivity contribution in [2.75, 3.05) is 26.9 Å². The zero-order valence-electron chi connectivity index (χ0n) is 23.4. The summed E-state index contributed by atoms with van der Waals surface area (Å²) >= 11 is 1.47. The number of carbonyl (C=O) groups excluding carboxylic acids is 2. The fourth-order valence-electron chi connectivity index (χ4n) is 4.02. The fourth-order valence-corrected chi connectivity index (χ4v) is 5.27.